The van der Waals surface area contributed by atoms with Crippen LogP contribution in [0.5, 0.6) is 0 Å². The predicted octanol–water partition coefficient (Wildman–Crippen LogP) is 5.89. The second-order valence-electron chi connectivity index (χ2n) is 7.00. The van der Waals surface area contributed by atoms with Crippen molar-refractivity contribution in [1.29, 1.82) is 0 Å². The Morgan fingerprint density at radius 1 is 0.697 bits per heavy atom. The molecular formula is C21H19ClF8O3. The van der Waals surface area contributed by atoms with E-state index in [0.717, 1.165) is 0 Å². The molecule has 0 bridgehead atoms. The van der Waals surface area contributed by atoms with E-state index < -0.39 is 55.2 Å². The second-order valence-corrected chi connectivity index (χ2v) is 7.48. The van der Waals surface area contributed by atoms with Gasteiger partial charge >= 0.3 is 23.1 Å². The van der Waals surface area contributed by atoms with Gasteiger partial charge in [0.2, 0.25) is 0 Å². The SMILES string of the molecule is OC[C@H](OCc1ccccc1)[C@@H](OCc1ccccc1)C(F)(F)C(F)(F)C(F)(F)C(F)(F)Cl. The number of aliphatic hydroxyl groups excluding tert-OH is 1. The fourth-order valence-corrected chi connectivity index (χ4v) is 2.90. The van der Waals surface area contributed by atoms with Gasteiger partial charge in [-0.2, -0.15) is 35.1 Å². The molecule has 2 atom stereocenters. The average molecular weight is 507 g/mol. The van der Waals surface area contributed by atoms with E-state index >= 15 is 0 Å². The standard InChI is InChI=1S/C21H19ClF8O3/c22-21(29,30)20(27,28)19(25,26)18(23,24)17(33-13-15-9-5-2-6-10-15)16(11-31)32-12-14-7-3-1-4-8-14/h1-10,16-17,31H,11-13H2/t16-,17+/m0/s1. The molecule has 0 unspecified atom stereocenters. The summed E-state index contributed by atoms with van der Waals surface area (Å²) in [5, 5.41) is 3.51. The summed E-state index contributed by atoms with van der Waals surface area (Å²) in [5.74, 6) is -19.3. The second kappa shape index (κ2) is 10.5. The third-order valence-electron chi connectivity index (χ3n) is 4.62. The summed E-state index contributed by atoms with van der Waals surface area (Å²) < 4.78 is 121. The van der Waals surface area contributed by atoms with Crippen LogP contribution in [0.2, 0.25) is 0 Å². The van der Waals surface area contributed by atoms with Crippen molar-refractivity contribution in [2.24, 2.45) is 0 Å². The van der Waals surface area contributed by atoms with Crippen LogP contribution in [0.3, 0.4) is 0 Å². The molecule has 0 spiro atoms. The van der Waals surface area contributed by atoms with Crippen molar-refractivity contribution >= 4 is 11.6 Å². The lowest BCUT2D eigenvalue weighted by Gasteiger charge is -2.40. The summed E-state index contributed by atoms with van der Waals surface area (Å²) in [4.78, 5) is 0. The quantitative estimate of drug-likeness (QED) is 0.288. The first-order chi connectivity index (χ1) is 15.3. The Morgan fingerprint density at radius 3 is 1.52 bits per heavy atom. The zero-order chi connectivity index (χ0) is 24.9. The van der Waals surface area contributed by atoms with E-state index in [-0.39, 0.29) is 5.56 Å². The van der Waals surface area contributed by atoms with Gasteiger partial charge in [-0.15, -0.1) is 0 Å². The van der Waals surface area contributed by atoms with Gasteiger partial charge in [0.15, 0.2) is 6.10 Å². The molecule has 0 aromatic heterocycles. The molecule has 2 rings (SSSR count). The minimum absolute atomic E-state index is 0.177. The predicted molar refractivity (Wildman–Crippen MR) is 103 cm³/mol. The van der Waals surface area contributed by atoms with Crippen molar-refractivity contribution in [2.75, 3.05) is 6.61 Å². The highest BCUT2D eigenvalue weighted by Crippen LogP contribution is 2.55. The maximum atomic E-state index is 14.8. The van der Waals surface area contributed by atoms with Crippen LogP contribution in [0.1, 0.15) is 11.1 Å². The fourth-order valence-electron chi connectivity index (χ4n) is 2.79. The molecular weight excluding hydrogens is 488 g/mol. The Balaban J connectivity index is 2.40. The van der Waals surface area contributed by atoms with E-state index in [9.17, 15) is 40.2 Å². The van der Waals surface area contributed by atoms with Gasteiger partial charge < -0.3 is 14.6 Å². The van der Waals surface area contributed by atoms with Crippen LogP contribution in [-0.2, 0) is 22.7 Å². The molecule has 0 aliphatic rings. The van der Waals surface area contributed by atoms with Crippen molar-refractivity contribution in [3.8, 4) is 0 Å². The summed E-state index contributed by atoms with van der Waals surface area (Å²) in [5.41, 5.74) is 0.543. The topological polar surface area (TPSA) is 38.7 Å². The van der Waals surface area contributed by atoms with Gasteiger partial charge in [0.1, 0.15) is 6.10 Å². The van der Waals surface area contributed by atoms with E-state index in [1.165, 1.54) is 36.4 Å². The molecule has 0 aliphatic carbocycles. The van der Waals surface area contributed by atoms with Gasteiger partial charge in [-0.25, -0.2) is 0 Å². The Morgan fingerprint density at radius 2 is 1.12 bits per heavy atom. The van der Waals surface area contributed by atoms with Gasteiger partial charge in [-0.3, -0.25) is 0 Å². The first-order valence-corrected chi connectivity index (χ1v) is 9.75. The van der Waals surface area contributed by atoms with Crippen molar-refractivity contribution in [2.45, 2.75) is 48.6 Å². The van der Waals surface area contributed by atoms with Gasteiger partial charge in [0.25, 0.3) is 0 Å². The van der Waals surface area contributed by atoms with E-state index in [1.807, 2.05) is 0 Å². The molecule has 0 amide bonds. The minimum atomic E-state index is -6.68. The lowest BCUT2D eigenvalue weighted by Crippen LogP contribution is -2.66. The summed E-state index contributed by atoms with van der Waals surface area (Å²) >= 11 is 4.03. The molecule has 0 fully saturated rings. The first-order valence-electron chi connectivity index (χ1n) is 9.37. The zero-order valence-electron chi connectivity index (χ0n) is 16.7. The summed E-state index contributed by atoms with van der Waals surface area (Å²) in [7, 11) is 0. The summed E-state index contributed by atoms with van der Waals surface area (Å²) in [6.45, 7) is -2.67. The summed E-state index contributed by atoms with van der Waals surface area (Å²) in [6, 6.07) is 14.8. The number of hydrogen-bond acceptors (Lipinski definition) is 3. The number of hydrogen-bond donors (Lipinski definition) is 1. The first kappa shape index (κ1) is 27.3. The molecule has 184 valence electrons. The molecule has 0 heterocycles. The van der Waals surface area contributed by atoms with Crippen LogP contribution < -0.4 is 0 Å². The molecule has 0 radical (unpaired) electrons. The lowest BCUT2D eigenvalue weighted by molar-refractivity contribution is -0.375. The van der Waals surface area contributed by atoms with E-state index in [0.29, 0.717) is 5.56 Å². The van der Waals surface area contributed by atoms with E-state index in [2.05, 4.69) is 11.6 Å². The molecule has 33 heavy (non-hydrogen) atoms. The number of benzene rings is 2. The van der Waals surface area contributed by atoms with Gasteiger partial charge in [-0.05, 0) is 22.7 Å². The highest BCUT2D eigenvalue weighted by molar-refractivity contribution is 6.22. The van der Waals surface area contributed by atoms with Crippen molar-refractivity contribution in [1.82, 2.24) is 0 Å². The lowest BCUT2D eigenvalue weighted by atomic mass is 9.95. The van der Waals surface area contributed by atoms with Crippen molar-refractivity contribution < 1.29 is 49.7 Å². The maximum Gasteiger partial charge on any atom is 0.392 e. The Labute approximate surface area is 188 Å². The fraction of sp³-hybridized carbons (Fsp3) is 0.429. The normalized spacial score (nSPS) is 15.3. The highest BCUT2D eigenvalue weighted by Gasteiger charge is 2.82. The van der Waals surface area contributed by atoms with Crippen LogP contribution in [-0.4, -0.2) is 47.1 Å². The van der Waals surface area contributed by atoms with Crippen LogP contribution in [0.4, 0.5) is 35.1 Å². The highest BCUT2D eigenvalue weighted by atomic mass is 35.5. The van der Waals surface area contributed by atoms with Crippen LogP contribution in [0.15, 0.2) is 60.7 Å². The van der Waals surface area contributed by atoms with Crippen LogP contribution in [0, 0.1) is 0 Å². The number of ether oxygens (including phenoxy) is 2. The van der Waals surface area contributed by atoms with Gasteiger partial charge in [0, 0.05) is 0 Å². The van der Waals surface area contributed by atoms with Crippen LogP contribution >= 0.6 is 11.6 Å². The molecule has 12 heteroatoms. The smallest absolute Gasteiger partial charge is 0.392 e. The molecule has 1 N–H and O–H groups in total. The van der Waals surface area contributed by atoms with Crippen molar-refractivity contribution in [3.05, 3.63) is 71.8 Å². The molecule has 2 aromatic rings. The number of halogens is 9. The molecule has 0 aliphatic heterocycles. The van der Waals surface area contributed by atoms with Gasteiger partial charge in [-0.1, -0.05) is 60.7 Å². The van der Waals surface area contributed by atoms with E-state index in [4.69, 9.17) is 9.47 Å². The molecule has 3 nitrogen and oxygen atoms in total. The average Bonchev–Trinajstić information content (AvgIpc) is 2.76. The minimum Gasteiger partial charge on any atom is -0.394 e. The Kier molecular flexibility index (Phi) is 8.72. The number of rotatable bonds is 12. The monoisotopic (exact) mass is 506 g/mol. The largest absolute Gasteiger partial charge is 0.394 e. The Hall–Kier alpha value is -1.95. The third-order valence-corrected chi connectivity index (χ3v) is 4.86. The van der Waals surface area contributed by atoms with Crippen LogP contribution in [0.25, 0.3) is 0 Å². The van der Waals surface area contributed by atoms with E-state index in [1.54, 1.807) is 24.3 Å². The maximum absolute atomic E-state index is 14.8. The zero-order valence-corrected chi connectivity index (χ0v) is 17.5. The Bertz CT molecular complexity index is 863. The third kappa shape index (κ3) is 5.95. The summed E-state index contributed by atoms with van der Waals surface area (Å²) in [6.07, 6.45) is -5.55. The number of alkyl halides is 9. The molecule has 2 aromatic carbocycles. The number of aliphatic hydroxyl groups is 1. The molecule has 0 saturated heterocycles. The van der Waals surface area contributed by atoms with Gasteiger partial charge in [0.05, 0.1) is 19.8 Å². The molecule has 0 saturated carbocycles. The van der Waals surface area contributed by atoms with Crippen molar-refractivity contribution in [3.63, 3.8) is 0 Å².